The van der Waals surface area contributed by atoms with Crippen LogP contribution < -0.4 is 5.16 Å². The lowest BCUT2D eigenvalue weighted by atomic mass is 9.73. The summed E-state index contributed by atoms with van der Waals surface area (Å²) in [6.07, 6.45) is 9.42. The van der Waals surface area contributed by atoms with E-state index >= 15 is 0 Å². The summed E-state index contributed by atoms with van der Waals surface area (Å²) in [7, 11) is 0. The first kappa shape index (κ1) is 16.5. The topological polar surface area (TPSA) is 60.5 Å². The Kier molecular flexibility index (Phi) is 7.05. The predicted octanol–water partition coefficient (Wildman–Crippen LogP) is 1.64. The Labute approximate surface area is 121 Å². The van der Waals surface area contributed by atoms with E-state index in [1.54, 1.807) is 0 Å². The summed E-state index contributed by atoms with van der Waals surface area (Å²) in [5.74, 6) is 0.612. The highest BCUT2D eigenvalue weighted by molar-refractivity contribution is 5.72. The van der Waals surface area contributed by atoms with Crippen LogP contribution in [0.4, 0.5) is 0 Å². The van der Waals surface area contributed by atoms with Crippen LogP contribution in [0.5, 0.6) is 0 Å². The maximum absolute atomic E-state index is 11.9. The van der Waals surface area contributed by atoms with Gasteiger partial charge in [-0.3, -0.25) is 10.0 Å². The van der Waals surface area contributed by atoms with E-state index in [2.05, 4.69) is 6.58 Å². The van der Waals surface area contributed by atoms with Crippen LogP contribution in [0, 0.1) is 17.8 Å². The van der Waals surface area contributed by atoms with Crippen LogP contribution in [0.15, 0.2) is 24.3 Å². The summed E-state index contributed by atoms with van der Waals surface area (Å²) in [5.41, 5.74) is 1.10. The zero-order chi connectivity index (χ0) is 15.0. The van der Waals surface area contributed by atoms with Gasteiger partial charge in [0, 0.05) is 6.08 Å². The number of esters is 1. The molecule has 0 spiro atoms. The second kappa shape index (κ2) is 8.56. The van der Waals surface area contributed by atoms with Crippen LogP contribution in [-0.2, 0) is 9.53 Å². The highest BCUT2D eigenvalue weighted by Gasteiger charge is 2.31. The predicted molar refractivity (Wildman–Crippen MR) is 78.3 cm³/mol. The Balaban J connectivity index is 2.70. The van der Waals surface area contributed by atoms with Crippen molar-refractivity contribution >= 4 is 12.2 Å². The fourth-order valence-corrected chi connectivity index (χ4v) is 2.95. The van der Waals surface area contributed by atoms with Gasteiger partial charge in [-0.2, -0.15) is 0 Å². The van der Waals surface area contributed by atoms with E-state index in [9.17, 15) is 4.79 Å². The third-order valence-electron chi connectivity index (χ3n) is 4.14. The molecule has 1 saturated carbocycles. The van der Waals surface area contributed by atoms with Gasteiger partial charge in [-0.25, -0.2) is 0 Å². The van der Waals surface area contributed by atoms with Crippen molar-refractivity contribution in [1.29, 1.82) is 0 Å². The van der Waals surface area contributed by atoms with Crippen molar-refractivity contribution in [2.24, 2.45) is 17.8 Å². The van der Waals surface area contributed by atoms with Gasteiger partial charge >= 0.3 is 5.97 Å². The average molecular weight is 280 g/mol. The Morgan fingerprint density at radius 1 is 1.55 bits per heavy atom. The molecule has 0 radical (unpaired) electrons. The van der Waals surface area contributed by atoms with E-state index in [-0.39, 0.29) is 11.9 Å². The Bertz CT molecular complexity index is 387. The first-order valence-corrected chi connectivity index (χ1v) is 7.36. The molecule has 4 heteroatoms. The lowest BCUT2D eigenvalue weighted by Crippen LogP contribution is -2.63. The van der Waals surface area contributed by atoms with Gasteiger partial charge in [0.2, 0.25) is 6.21 Å². The number of allylic oxidation sites excluding steroid dienone is 3. The molecule has 0 saturated heterocycles. The standard InChI is InChI=1S/C16H25NO3/c1-4-13(9-10-17-19)15-8-6-7-14(11-15)12(3)16(18)20-5-2/h4,9-10,12,14-15,19H,1,5-8,11H2,2-3H3/p+1/b13-9+,17-10+. The number of nitrogens with one attached hydrogen (secondary N) is 1. The molecule has 2 N–H and O–H groups in total. The highest BCUT2D eigenvalue weighted by atomic mass is 16.5. The molecule has 0 aromatic rings. The van der Waals surface area contributed by atoms with Gasteiger partial charge in [-0.15, -0.1) is 0 Å². The van der Waals surface area contributed by atoms with Crippen LogP contribution in [-0.4, -0.2) is 24.0 Å². The van der Waals surface area contributed by atoms with Gasteiger partial charge in [0.25, 0.3) is 0 Å². The van der Waals surface area contributed by atoms with Crippen molar-refractivity contribution in [2.75, 3.05) is 6.61 Å². The number of hydrogen-bond donors (Lipinski definition) is 2. The maximum atomic E-state index is 11.9. The average Bonchev–Trinajstić information content (AvgIpc) is 2.48. The summed E-state index contributed by atoms with van der Waals surface area (Å²) < 4.78 is 5.12. The van der Waals surface area contributed by atoms with Gasteiger partial charge in [0.1, 0.15) is 0 Å². The van der Waals surface area contributed by atoms with E-state index in [0.29, 0.717) is 18.4 Å². The molecular weight excluding hydrogens is 254 g/mol. The first-order chi connectivity index (χ1) is 9.63. The molecule has 3 unspecified atom stereocenters. The second-order valence-corrected chi connectivity index (χ2v) is 5.33. The summed E-state index contributed by atoms with van der Waals surface area (Å²) in [4.78, 5) is 11.9. The van der Waals surface area contributed by atoms with Gasteiger partial charge in [0.15, 0.2) is 0 Å². The molecule has 1 aliphatic carbocycles. The SMILES string of the molecule is C=C/C(=C\C=[NH+]\O)C1CCCC(C(C)C(=O)OCC)C1. The summed E-state index contributed by atoms with van der Waals surface area (Å²) in [6.45, 7) is 8.07. The molecule has 3 atom stereocenters. The van der Waals surface area contributed by atoms with Crippen molar-refractivity contribution in [2.45, 2.75) is 39.5 Å². The van der Waals surface area contributed by atoms with Crippen molar-refractivity contribution in [3.63, 3.8) is 0 Å². The number of rotatable bonds is 6. The molecule has 1 aliphatic rings. The van der Waals surface area contributed by atoms with Gasteiger partial charge < -0.3 is 4.74 Å². The molecule has 0 aromatic carbocycles. The molecule has 1 fully saturated rings. The van der Waals surface area contributed by atoms with E-state index < -0.39 is 0 Å². The quantitative estimate of drug-likeness (QED) is 0.256. The molecule has 4 nitrogen and oxygen atoms in total. The van der Waals surface area contributed by atoms with Crippen molar-refractivity contribution in [3.8, 4) is 0 Å². The Morgan fingerprint density at radius 3 is 2.90 bits per heavy atom. The first-order valence-electron chi connectivity index (χ1n) is 7.36. The monoisotopic (exact) mass is 280 g/mol. The second-order valence-electron chi connectivity index (χ2n) is 5.33. The van der Waals surface area contributed by atoms with Gasteiger partial charge in [0.05, 0.1) is 12.5 Å². The Hall–Kier alpha value is -1.58. The van der Waals surface area contributed by atoms with E-state index in [4.69, 9.17) is 9.94 Å². The van der Waals surface area contributed by atoms with Crippen LogP contribution in [0.25, 0.3) is 0 Å². The third-order valence-corrected chi connectivity index (χ3v) is 4.14. The largest absolute Gasteiger partial charge is 0.466 e. The fourth-order valence-electron chi connectivity index (χ4n) is 2.95. The highest BCUT2D eigenvalue weighted by Crippen LogP contribution is 2.37. The number of ether oxygens (including phenoxy) is 1. The van der Waals surface area contributed by atoms with Gasteiger partial charge in [-0.1, -0.05) is 26.0 Å². The zero-order valence-electron chi connectivity index (χ0n) is 12.5. The van der Waals surface area contributed by atoms with Crippen molar-refractivity contribution in [1.82, 2.24) is 0 Å². The molecule has 0 bridgehead atoms. The van der Waals surface area contributed by atoms with Crippen LogP contribution in [0.3, 0.4) is 0 Å². The Morgan fingerprint density at radius 2 is 2.30 bits per heavy atom. The number of hydrogen-bond acceptors (Lipinski definition) is 3. The summed E-state index contributed by atoms with van der Waals surface area (Å²) in [6, 6.07) is 0. The minimum absolute atomic E-state index is 0.0521. The third kappa shape index (κ3) is 4.51. The van der Waals surface area contributed by atoms with Crippen molar-refractivity contribution < 1.29 is 19.9 Å². The van der Waals surface area contributed by atoms with E-state index in [0.717, 1.165) is 31.3 Å². The molecule has 0 aliphatic heterocycles. The lowest BCUT2D eigenvalue weighted by molar-refractivity contribution is -0.733. The minimum Gasteiger partial charge on any atom is -0.466 e. The summed E-state index contributed by atoms with van der Waals surface area (Å²) >= 11 is 0. The van der Waals surface area contributed by atoms with E-state index in [1.165, 1.54) is 6.21 Å². The number of carbonyl (C=O) groups is 1. The molecule has 1 rings (SSSR count). The van der Waals surface area contributed by atoms with Crippen LogP contribution >= 0.6 is 0 Å². The molecule has 20 heavy (non-hydrogen) atoms. The normalized spacial score (nSPS) is 25.4. The van der Waals surface area contributed by atoms with Crippen LogP contribution in [0.2, 0.25) is 0 Å². The van der Waals surface area contributed by atoms with Crippen molar-refractivity contribution in [3.05, 3.63) is 24.3 Å². The molecule has 0 heterocycles. The summed E-state index contributed by atoms with van der Waals surface area (Å²) in [5, 5.41) is 10.7. The molecule has 112 valence electrons. The molecular formula is C16H26NO3+. The number of carbonyl (C=O) groups excluding carboxylic acids is 1. The molecule has 0 aromatic heterocycles. The fraction of sp³-hybridized carbons (Fsp3) is 0.625. The smallest absolute Gasteiger partial charge is 0.308 e. The lowest BCUT2D eigenvalue weighted by Gasteiger charge is -2.32. The van der Waals surface area contributed by atoms with Gasteiger partial charge in [-0.05, 0) is 48.8 Å². The van der Waals surface area contributed by atoms with E-state index in [1.807, 2.05) is 31.2 Å². The maximum Gasteiger partial charge on any atom is 0.308 e. The zero-order valence-corrected chi connectivity index (χ0v) is 12.5. The molecule has 0 amide bonds. The minimum atomic E-state index is -0.0918. The van der Waals surface area contributed by atoms with Crippen LogP contribution in [0.1, 0.15) is 39.5 Å².